The van der Waals surface area contributed by atoms with Crippen LogP contribution in [0.25, 0.3) is 0 Å². The van der Waals surface area contributed by atoms with E-state index < -0.39 is 11.9 Å². The van der Waals surface area contributed by atoms with Crippen LogP contribution in [0.1, 0.15) is 41.5 Å². The van der Waals surface area contributed by atoms with E-state index in [1.54, 1.807) is 23.6 Å². The molecule has 2 heterocycles. The summed E-state index contributed by atoms with van der Waals surface area (Å²) in [6.45, 7) is 6.93. The second-order valence-electron chi connectivity index (χ2n) is 6.54. The molecule has 1 unspecified atom stereocenters. The second-order valence-corrected chi connectivity index (χ2v) is 6.54. The Bertz CT molecular complexity index is 682. The van der Waals surface area contributed by atoms with Gasteiger partial charge >= 0.3 is 5.97 Å². The lowest BCUT2D eigenvalue weighted by molar-refractivity contribution is -0.145. The van der Waals surface area contributed by atoms with E-state index in [2.05, 4.69) is 5.10 Å². The molecule has 1 saturated heterocycles. The van der Waals surface area contributed by atoms with Gasteiger partial charge in [-0.25, -0.2) is 0 Å². The Labute approximate surface area is 147 Å². The van der Waals surface area contributed by atoms with Crippen molar-refractivity contribution in [2.75, 3.05) is 26.7 Å². The highest BCUT2D eigenvalue weighted by Crippen LogP contribution is 2.18. The fraction of sp³-hybridized carbons (Fsp3) is 0.647. The number of carboxylic acids is 1. The van der Waals surface area contributed by atoms with E-state index in [0.29, 0.717) is 37.2 Å². The molecule has 0 saturated carbocycles. The van der Waals surface area contributed by atoms with Crippen LogP contribution < -0.4 is 0 Å². The standard InChI is InChI=1S/C17H26N4O4/c1-5-21-12(3)15(11(2)18-21)16(23)19(4)10-14(22)20-8-6-7-13(9-20)17(24)25/h13H,5-10H2,1-4H3,(H,24,25). The number of aryl methyl sites for hydroxylation is 2. The zero-order valence-electron chi connectivity index (χ0n) is 15.3. The van der Waals surface area contributed by atoms with Gasteiger partial charge in [-0.2, -0.15) is 5.10 Å². The number of likely N-dealkylation sites (N-methyl/N-ethyl adjacent to an activating group) is 1. The minimum atomic E-state index is -0.875. The molecule has 2 amide bonds. The Hall–Kier alpha value is -2.38. The van der Waals surface area contributed by atoms with Crippen molar-refractivity contribution in [2.45, 2.75) is 40.2 Å². The summed E-state index contributed by atoms with van der Waals surface area (Å²) in [6, 6.07) is 0. The number of hydrogen-bond acceptors (Lipinski definition) is 4. The van der Waals surface area contributed by atoms with Crippen LogP contribution in [0.4, 0.5) is 0 Å². The van der Waals surface area contributed by atoms with Crippen LogP contribution in [-0.4, -0.2) is 69.2 Å². The van der Waals surface area contributed by atoms with Crippen molar-refractivity contribution in [2.24, 2.45) is 5.92 Å². The summed E-state index contributed by atoms with van der Waals surface area (Å²) in [6.07, 6.45) is 1.25. The Morgan fingerprint density at radius 1 is 1.32 bits per heavy atom. The van der Waals surface area contributed by atoms with E-state index in [0.717, 1.165) is 5.69 Å². The maximum absolute atomic E-state index is 12.7. The van der Waals surface area contributed by atoms with Crippen LogP contribution in [0.3, 0.4) is 0 Å². The maximum Gasteiger partial charge on any atom is 0.308 e. The van der Waals surface area contributed by atoms with Gasteiger partial charge in [-0.05, 0) is 33.6 Å². The van der Waals surface area contributed by atoms with Crippen molar-refractivity contribution in [1.82, 2.24) is 19.6 Å². The molecule has 138 valence electrons. The highest BCUT2D eigenvalue weighted by molar-refractivity contribution is 5.98. The van der Waals surface area contributed by atoms with Gasteiger partial charge in [0.05, 0.1) is 23.7 Å². The van der Waals surface area contributed by atoms with E-state index in [1.165, 1.54) is 4.90 Å². The van der Waals surface area contributed by atoms with Crippen molar-refractivity contribution >= 4 is 17.8 Å². The highest BCUT2D eigenvalue weighted by Gasteiger charge is 2.30. The Kier molecular flexibility index (Phi) is 5.81. The van der Waals surface area contributed by atoms with Crippen LogP contribution in [0.2, 0.25) is 0 Å². The van der Waals surface area contributed by atoms with Crippen molar-refractivity contribution < 1.29 is 19.5 Å². The van der Waals surface area contributed by atoms with Crippen LogP contribution in [0.5, 0.6) is 0 Å². The largest absolute Gasteiger partial charge is 0.481 e. The first-order valence-electron chi connectivity index (χ1n) is 8.56. The average molecular weight is 350 g/mol. The zero-order valence-corrected chi connectivity index (χ0v) is 15.3. The monoisotopic (exact) mass is 350 g/mol. The molecule has 0 bridgehead atoms. The fourth-order valence-corrected chi connectivity index (χ4v) is 3.29. The molecule has 8 nitrogen and oxygen atoms in total. The molecule has 0 spiro atoms. The van der Waals surface area contributed by atoms with Gasteiger partial charge in [0.25, 0.3) is 5.91 Å². The topological polar surface area (TPSA) is 95.7 Å². The summed E-state index contributed by atoms with van der Waals surface area (Å²) in [5.74, 6) is -1.86. The predicted molar refractivity (Wildman–Crippen MR) is 91.3 cm³/mol. The Morgan fingerprint density at radius 2 is 2.00 bits per heavy atom. The van der Waals surface area contributed by atoms with Gasteiger partial charge in [-0.15, -0.1) is 0 Å². The molecular formula is C17H26N4O4. The molecule has 0 aliphatic carbocycles. The third kappa shape index (κ3) is 4.00. The summed E-state index contributed by atoms with van der Waals surface area (Å²) in [7, 11) is 1.58. The lowest BCUT2D eigenvalue weighted by atomic mass is 9.98. The number of carboxylic acid groups (broad SMARTS) is 1. The summed E-state index contributed by atoms with van der Waals surface area (Å²) in [5, 5.41) is 13.5. The smallest absolute Gasteiger partial charge is 0.308 e. The van der Waals surface area contributed by atoms with Crippen LogP contribution in [0, 0.1) is 19.8 Å². The van der Waals surface area contributed by atoms with E-state index >= 15 is 0 Å². The van der Waals surface area contributed by atoms with Gasteiger partial charge in [-0.1, -0.05) is 0 Å². The van der Waals surface area contributed by atoms with E-state index in [-0.39, 0.29) is 24.9 Å². The minimum absolute atomic E-state index is 0.0681. The number of hydrogen-bond donors (Lipinski definition) is 1. The molecule has 1 aliphatic heterocycles. The molecule has 25 heavy (non-hydrogen) atoms. The summed E-state index contributed by atoms with van der Waals surface area (Å²) < 4.78 is 1.76. The SMILES string of the molecule is CCn1nc(C)c(C(=O)N(C)CC(=O)N2CCCC(C(=O)O)C2)c1C. The van der Waals surface area contributed by atoms with E-state index in [9.17, 15) is 14.4 Å². The number of nitrogens with zero attached hydrogens (tertiary/aromatic N) is 4. The number of amides is 2. The van der Waals surface area contributed by atoms with Gasteiger partial charge in [-0.3, -0.25) is 19.1 Å². The van der Waals surface area contributed by atoms with E-state index in [1.807, 2.05) is 13.8 Å². The number of rotatable bonds is 5. The fourth-order valence-electron chi connectivity index (χ4n) is 3.29. The van der Waals surface area contributed by atoms with Crippen molar-refractivity contribution in [3.8, 4) is 0 Å². The molecule has 1 N–H and O–H groups in total. The summed E-state index contributed by atoms with van der Waals surface area (Å²) in [4.78, 5) is 39.2. The number of aliphatic carboxylic acids is 1. The minimum Gasteiger partial charge on any atom is -0.481 e. The number of likely N-dealkylation sites (tertiary alicyclic amines) is 1. The van der Waals surface area contributed by atoms with Gasteiger partial charge in [0.15, 0.2) is 0 Å². The van der Waals surface area contributed by atoms with E-state index in [4.69, 9.17) is 5.11 Å². The maximum atomic E-state index is 12.7. The van der Waals surface area contributed by atoms with Crippen LogP contribution in [-0.2, 0) is 16.1 Å². The summed E-state index contributed by atoms with van der Waals surface area (Å²) in [5.41, 5.74) is 1.96. The van der Waals surface area contributed by atoms with Crippen molar-refractivity contribution in [3.05, 3.63) is 17.0 Å². The first kappa shape index (κ1) is 19.0. The van der Waals surface area contributed by atoms with Crippen molar-refractivity contribution in [1.29, 1.82) is 0 Å². The first-order valence-corrected chi connectivity index (χ1v) is 8.56. The first-order chi connectivity index (χ1) is 11.8. The molecule has 1 atom stereocenters. The molecule has 1 aliphatic rings. The van der Waals surface area contributed by atoms with Crippen LogP contribution >= 0.6 is 0 Å². The number of carbonyl (C=O) groups is 3. The third-order valence-electron chi connectivity index (χ3n) is 4.74. The number of aromatic nitrogens is 2. The number of piperidine rings is 1. The van der Waals surface area contributed by atoms with Gasteiger partial charge < -0.3 is 14.9 Å². The van der Waals surface area contributed by atoms with Crippen molar-refractivity contribution in [3.63, 3.8) is 0 Å². The summed E-state index contributed by atoms with van der Waals surface area (Å²) >= 11 is 0. The zero-order chi connectivity index (χ0) is 18.7. The normalized spacial score (nSPS) is 17.4. The molecule has 1 aromatic rings. The quantitative estimate of drug-likeness (QED) is 0.852. The molecule has 0 radical (unpaired) electrons. The van der Waals surface area contributed by atoms with Gasteiger partial charge in [0, 0.05) is 32.4 Å². The molecule has 8 heteroatoms. The Balaban J connectivity index is 2.05. The van der Waals surface area contributed by atoms with Crippen LogP contribution in [0.15, 0.2) is 0 Å². The average Bonchev–Trinajstić information content (AvgIpc) is 2.87. The number of carbonyl (C=O) groups excluding carboxylic acids is 2. The lowest BCUT2D eigenvalue weighted by Crippen LogP contribution is -2.47. The highest BCUT2D eigenvalue weighted by atomic mass is 16.4. The molecular weight excluding hydrogens is 324 g/mol. The molecule has 1 fully saturated rings. The van der Waals surface area contributed by atoms with Gasteiger partial charge in [0.1, 0.15) is 0 Å². The second kappa shape index (κ2) is 7.67. The van der Waals surface area contributed by atoms with Gasteiger partial charge in [0.2, 0.25) is 5.91 Å². The third-order valence-corrected chi connectivity index (χ3v) is 4.74. The lowest BCUT2D eigenvalue weighted by Gasteiger charge is -2.32. The molecule has 1 aromatic heterocycles. The molecule has 0 aromatic carbocycles. The Morgan fingerprint density at radius 3 is 2.56 bits per heavy atom. The molecule has 2 rings (SSSR count). The predicted octanol–water partition coefficient (Wildman–Crippen LogP) is 0.915.